The van der Waals surface area contributed by atoms with Gasteiger partial charge in [-0.2, -0.15) is 10.4 Å². The normalized spacial score (nSPS) is 24.3. The number of anilines is 1. The van der Waals surface area contributed by atoms with Gasteiger partial charge in [0.05, 0.1) is 39.2 Å². The number of halogens is 1. The van der Waals surface area contributed by atoms with Gasteiger partial charge >= 0.3 is 5.97 Å². The van der Waals surface area contributed by atoms with Gasteiger partial charge in [-0.1, -0.05) is 29.8 Å². The van der Waals surface area contributed by atoms with Crippen molar-refractivity contribution in [3.63, 3.8) is 0 Å². The molecular weight excluding hydrogens is 402 g/mol. The third-order valence-corrected chi connectivity index (χ3v) is 6.25. The SMILES string of the molecule is N#Cc1ccc(N2N=C3C=CC=C4C(C(=O)O)=CCCC43C2c2ccco2)cc1Cl. The fourth-order valence-electron chi connectivity index (χ4n) is 4.70. The second kappa shape index (κ2) is 6.75. The molecule has 2 unspecified atom stereocenters. The first-order valence-electron chi connectivity index (χ1n) is 9.50. The summed E-state index contributed by atoms with van der Waals surface area (Å²) in [5, 5.41) is 26.1. The molecule has 1 aliphatic heterocycles. The van der Waals surface area contributed by atoms with Crippen molar-refractivity contribution in [3.8, 4) is 6.07 Å². The maximum Gasteiger partial charge on any atom is 0.335 e. The molecule has 1 N–H and O–H groups in total. The van der Waals surface area contributed by atoms with Gasteiger partial charge < -0.3 is 9.52 Å². The molecule has 0 amide bonds. The fourth-order valence-corrected chi connectivity index (χ4v) is 4.92. The Labute approximate surface area is 177 Å². The Kier molecular flexibility index (Phi) is 4.16. The Morgan fingerprint density at radius 1 is 1.40 bits per heavy atom. The first-order chi connectivity index (χ1) is 14.6. The summed E-state index contributed by atoms with van der Waals surface area (Å²) in [6.45, 7) is 0. The van der Waals surface area contributed by atoms with Crippen molar-refractivity contribution >= 4 is 29.0 Å². The van der Waals surface area contributed by atoms with E-state index in [0.717, 1.165) is 11.3 Å². The Morgan fingerprint density at radius 3 is 2.97 bits per heavy atom. The van der Waals surface area contributed by atoms with Crippen LogP contribution in [0.2, 0.25) is 5.02 Å². The quantitative estimate of drug-likeness (QED) is 0.758. The summed E-state index contributed by atoms with van der Waals surface area (Å²) < 4.78 is 5.81. The summed E-state index contributed by atoms with van der Waals surface area (Å²) in [4.78, 5) is 12.0. The molecule has 1 aromatic carbocycles. The number of rotatable bonds is 3. The van der Waals surface area contributed by atoms with Gasteiger partial charge in [0, 0.05) is 0 Å². The van der Waals surface area contributed by atoms with Crippen LogP contribution in [0.25, 0.3) is 0 Å². The largest absolute Gasteiger partial charge is 0.478 e. The number of aliphatic carboxylic acids is 1. The van der Waals surface area contributed by atoms with Crippen molar-refractivity contribution in [3.05, 3.63) is 88.4 Å². The molecule has 0 fully saturated rings. The van der Waals surface area contributed by atoms with Crippen LogP contribution in [0.3, 0.4) is 0 Å². The lowest BCUT2D eigenvalue weighted by molar-refractivity contribution is -0.132. The minimum absolute atomic E-state index is 0.301. The fraction of sp³-hybridized carbons (Fsp3) is 0.174. The number of nitriles is 1. The minimum Gasteiger partial charge on any atom is -0.478 e. The lowest BCUT2D eigenvalue weighted by atomic mass is 9.61. The summed E-state index contributed by atoms with van der Waals surface area (Å²) in [6, 6.07) is 10.5. The van der Waals surface area contributed by atoms with Crippen LogP contribution in [0, 0.1) is 16.7 Å². The molecule has 7 heteroatoms. The Hall–Kier alpha value is -3.56. The van der Waals surface area contributed by atoms with E-state index in [1.165, 1.54) is 0 Å². The summed E-state index contributed by atoms with van der Waals surface area (Å²) in [5.41, 5.74) is 2.24. The molecule has 1 spiro atoms. The number of carboxylic acids is 1. The zero-order valence-electron chi connectivity index (χ0n) is 15.7. The molecule has 0 saturated heterocycles. The number of carboxylic acid groups (broad SMARTS) is 1. The summed E-state index contributed by atoms with van der Waals surface area (Å²) >= 11 is 6.30. The highest BCUT2D eigenvalue weighted by Gasteiger charge is 2.57. The van der Waals surface area contributed by atoms with E-state index < -0.39 is 11.4 Å². The molecule has 30 heavy (non-hydrogen) atoms. The van der Waals surface area contributed by atoms with Crippen molar-refractivity contribution in [2.75, 3.05) is 5.01 Å². The van der Waals surface area contributed by atoms with Gasteiger partial charge in [-0.3, -0.25) is 5.01 Å². The third kappa shape index (κ3) is 2.49. The third-order valence-electron chi connectivity index (χ3n) is 5.94. The molecule has 6 nitrogen and oxygen atoms in total. The number of hydrazone groups is 1. The first kappa shape index (κ1) is 18.5. The van der Waals surface area contributed by atoms with Gasteiger partial charge in [-0.15, -0.1) is 0 Å². The van der Waals surface area contributed by atoms with Crippen LogP contribution in [0.4, 0.5) is 5.69 Å². The molecule has 5 rings (SSSR count). The number of nitrogens with zero attached hydrogens (tertiary/aromatic N) is 3. The Balaban J connectivity index is 1.72. The van der Waals surface area contributed by atoms with Gasteiger partial charge in [0.25, 0.3) is 0 Å². The van der Waals surface area contributed by atoms with Gasteiger partial charge in [-0.05, 0) is 54.8 Å². The molecule has 2 heterocycles. The highest BCUT2D eigenvalue weighted by molar-refractivity contribution is 6.32. The number of benzene rings is 1. The van der Waals surface area contributed by atoms with E-state index in [1.54, 1.807) is 30.5 Å². The Morgan fingerprint density at radius 2 is 2.27 bits per heavy atom. The van der Waals surface area contributed by atoms with E-state index >= 15 is 0 Å². The second-order valence-electron chi connectivity index (χ2n) is 7.40. The summed E-state index contributed by atoms with van der Waals surface area (Å²) in [5.74, 6) is -0.268. The predicted molar refractivity (Wildman–Crippen MR) is 112 cm³/mol. The van der Waals surface area contributed by atoms with Crippen molar-refractivity contribution < 1.29 is 14.3 Å². The smallest absolute Gasteiger partial charge is 0.335 e. The average molecular weight is 418 g/mol. The molecule has 0 saturated carbocycles. The van der Waals surface area contributed by atoms with Gasteiger partial charge in [0.1, 0.15) is 17.9 Å². The number of allylic oxidation sites excluding steroid dienone is 4. The van der Waals surface area contributed by atoms with E-state index in [4.69, 9.17) is 21.1 Å². The van der Waals surface area contributed by atoms with E-state index in [-0.39, 0.29) is 6.04 Å². The lowest BCUT2D eigenvalue weighted by Gasteiger charge is -2.42. The van der Waals surface area contributed by atoms with Crippen molar-refractivity contribution in [1.29, 1.82) is 5.26 Å². The highest BCUT2D eigenvalue weighted by Crippen LogP contribution is 2.58. The molecule has 1 aromatic heterocycles. The van der Waals surface area contributed by atoms with E-state index in [2.05, 4.69) is 6.07 Å². The van der Waals surface area contributed by atoms with E-state index in [1.807, 2.05) is 35.4 Å². The number of hydrogen-bond donors (Lipinski definition) is 1. The summed E-state index contributed by atoms with van der Waals surface area (Å²) in [6.07, 6.45) is 10.3. The van der Waals surface area contributed by atoms with Gasteiger partial charge in [0.2, 0.25) is 0 Å². The zero-order chi connectivity index (χ0) is 20.9. The van der Waals surface area contributed by atoms with Crippen molar-refractivity contribution in [2.24, 2.45) is 10.5 Å². The van der Waals surface area contributed by atoms with E-state index in [9.17, 15) is 15.2 Å². The molecule has 2 atom stereocenters. The maximum atomic E-state index is 12.0. The monoisotopic (exact) mass is 417 g/mol. The molecular formula is C23H16ClN3O3. The van der Waals surface area contributed by atoms with Crippen LogP contribution < -0.4 is 5.01 Å². The standard InChI is InChI=1S/C23H16ClN3O3/c24-18-12-15(9-8-14(18)13-25)27-21(19-6-3-11-30-19)23-10-2-4-16(22(28)29)17(23)5-1-7-20(23)26-27/h1,3-9,11-12,21H,2,10H2,(H,28,29). The molecule has 2 aliphatic carbocycles. The van der Waals surface area contributed by atoms with Crippen LogP contribution >= 0.6 is 11.6 Å². The zero-order valence-corrected chi connectivity index (χ0v) is 16.5. The highest BCUT2D eigenvalue weighted by atomic mass is 35.5. The minimum atomic E-state index is -0.951. The van der Waals surface area contributed by atoms with Crippen LogP contribution in [-0.2, 0) is 4.79 Å². The topological polar surface area (TPSA) is 89.8 Å². The number of carbonyl (C=O) groups is 1. The van der Waals surface area contributed by atoms with Gasteiger partial charge in [0.15, 0.2) is 0 Å². The van der Waals surface area contributed by atoms with Crippen LogP contribution in [0.5, 0.6) is 0 Å². The maximum absolute atomic E-state index is 12.0. The average Bonchev–Trinajstić information content (AvgIpc) is 3.37. The molecule has 0 radical (unpaired) electrons. The van der Waals surface area contributed by atoms with E-state index in [0.29, 0.717) is 40.4 Å². The number of hydrogen-bond acceptors (Lipinski definition) is 5. The number of furan rings is 1. The lowest BCUT2D eigenvalue weighted by Crippen LogP contribution is -2.42. The van der Waals surface area contributed by atoms with Gasteiger partial charge in [-0.25, -0.2) is 4.79 Å². The van der Waals surface area contributed by atoms with Crippen molar-refractivity contribution in [2.45, 2.75) is 18.9 Å². The molecule has 3 aliphatic rings. The molecule has 2 aromatic rings. The molecule has 148 valence electrons. The van der Waals surface area contributed by atoms with Crippen LogP contribution in [0.15, 0.2) is 81.6 Å². The first-order valence-corrected chi connectivity index (χ1v) is 9.88. The second-order valence-corrected chi connectivity index (χ2v) is 7.80. The van der Waals surface area contributed by atoms with Crippen LogP contribution in [-0.4, -0.2) is 16.8 Å². The molecule has 0 bridgehead atoms. The Bertz CT molecular complexity index is 1220. The predicted octanol–water partition coefficient (Wildman–Crippen LogP) is 5.01. The van der Waals surface area contributed by atoms with Crippen LogP contribution in [0.1, 0.15) is 30.2 Å². The van der Waals surface area contributed by atoms with Crippen molar-refractivity contribution in [1.82, 2.24) is 0 Å². The summed E-state index contributed by atoms with van der Waals surface area (Å²) in [7, 11) is 0.